The first-order valence-corrected chi connectivity index (χ1v) is 29.6. The van der Waals surface area contributed by atoms with Gasteiger partial charge in [0.25, 0.3) is 0 Å². The molecular formula is C56H88N12O19. The summed E-state index contributed by atoms with van der Waals surface area (Å²) in [4.78, 5) is 202. The predicted octanol–water partition coefficient (Wildman–Crippen LogP) is -3.07. The summed E-state index contributed by atoms with van der Waals surface area (Å²) in [7, 11) is 0. The van der Waals surface area contributed by atoms with Crippen molar-refractivity contribution in [3.8, 4) is 0 Å². The summed E-state index contributed by atoms with van der Waals surface area (Å²) in [6.45, 7) is 4.84. The van der Waals surface area contributed by atoms with Crippen LogP contribution in [0, 0.1) is 11.8 Å². The van der Waals surface area contributed by atoms with Crippen LogP contribution in [-0.2, 0) is 71.9 Å². The van der Waals surface area contributed by atoms with Crippen molar-refractivity contribution in [2.75, 3.05) is 39.3 Å². The number of aliphatic hydroxyl groups is 1. The van der Waals surface area contributed by atoms with Crippen LogP contribution in [-0.4, -0.2) is 213 Å². The predicted molar refractivity (Wildman–Crippen MR) is 307 cm³/mol. The fourth-order valence-corrected chi connectivity index (χ4v) is 9.95. The number of unbranched alkanes of at least 4 members (excludes halogenated alkanes) is 7. The quantitative estimate of drug-likeness (QED) is 0.0378. The van der Waals surface area contributed by atoms with Crippen LogP contribution in [0.3, 0.4) is 0 Å². The molecule has 0 bridgehead atoms. The lowest BCUT2D eigenvalue weighted by molar-refractivity contribution is -0.146. The second-order valence-electron chi connectivity index (χ2n) is 22.7. The van der Waals surface area contributed by atoms with Gasteiger partial charge >= 0.3 is 17.9 Å². The average Bonchev–Trinajstić information content (AvgIpc) is 3.48. The lowest BCUT2D eigenvalue weighted by atomic mass is 9.99. The topological polar surface area (TPSA) is 464 Å². The Bertz CT molecular complexity index is 2510. The third kappa shape index (κ3) is 26.1. The summed E-state index contributed by atoms with van der Waals surface area (Å²) in [5.74, 6) is -17.3. The van der Waals surface area contributed by atoms with E-state index in [0.29, 0.717) is 25.2 Å². The highest BCUT2D eigenvalue weighted by Gasteiger charge is 2.42. The molecule has 0 saturated carbocycles. The lowest BCUT2D eigenvalue weighted by Gasteiger charge is -2.37. The van der Waals surface area contributed by atoms with Crippen LogP contribution in [0.5, 0.6) is 0 Å². The number of aliphatic carboxylic acids is 3. The molecule has 486 valence electrons. The third-order valence-electron chi connectivity index (χ3n) is 14.6. The normalized spacial score (nSPS) is 23.9. The van der Waals surface area contributed by atoms with Gasteiger partial charge in [-0.2, -0.15) is 0 Å². The van der Waals surface area contributed by atoms with Crippen LogP contribution < -0.4 is 53.2 Å². The number of piperidine rings is 1. The number of carbonyl (C=O) groups excluding carboxylic acids is 12. The number of carboxylic acids is 3. The first-order chi connectivity index (χ1) is 41.1. The molecule has 31 nitrogen and oxygen atoms in total. The minimum Gasteiger partial charge on any atom is -0.481 e. The van der Waals surface area contributed by atoms with Crippen molar-refractivity contribution in [3.63, 3.8) is 0 Å². The molecule has 0 radical (unpaired) electrons. The maximum absolute atomic E-state index is 14.8. The van der Waals surface area contributed by atoms with E-state index in [2.05, 4.69) is 67.0 Å². The number of hydrogen-bond acceptors (Lipinski definition) is 16. The van der Waals surface area contributed by atoms with E-state index in [0.717, 1.165) is 54.9 Å². The van der Waals surface area contributed by atoms with Gasteiger partial charge in [-0.05, 0) is 69.8 Å². The zero-order valence-electron chi connectivity index (χ0n) is 50.1. The van der Waals surface area contributed by atoms with Crippen molar-refractivity contribution in [2.45, 2.75) is 198 Å². The van der Waals surface area contributed by atoms with Crippen molar-refractivity contribution in [1.82, 2.24) is 63.0 Å². The van der Waals surface area contributed by atoms with Crippen molar-refractivity contribution in [1.29, 1.82) is 0 Å². The summed E-state index contributed by atoms with van der Waals surface area (Å²) in [6, 6.07) is -13.2. The number of fused-ring (bicyclic) bond motifs is 2. The monoisotopic (exact) mass is 1230 g/mol. The van der Waals surface area contributed by atoms with E-state index in [9.17, 15) is 92.3 Å². The van der Waals surface area contributed by atoms with E-state index >= 15 is 0 Å². The van der Waals surface area contributed by atoms with Crippen molar-refractivity contribution in [2.24, 2.45) is 11.8 Å². The number of aliphatic hydroxyl groups excluding tert-OH is 1. The standard InChI is InChI=1S/C56H88N12O19/c1-31(2)18-13-11-9-7-6-8-10-12-14-21-40(70)61-36(26-46(78)79)51(82)64-37-27-57-52(83)39-20-17-23-68(39)56(87)47(32(3)4)66-54(85)48(33(5)69)65-43(73)30-59-50(81)35(25-45(76)77)62-41(71)28-58-49(80)34(24-44(74)75)63-42(72)29-60-53(84)38-19-15-16-22-67(38)55(37)86/h14,21,31-39,47-48,69H,6-13,15-20,22-30H2,1-5H3,(H,57,83)(H,58,80)(H,59,81)(H,60,84)(H,61,70)(H,62,71)(H,63,72)(H,64,82)(H,65,73)(H,66,85)(H,74,75)(H,76,77)(H,78,79)/b21-14+/t33?,34-,35-,36-,37-,38+,39-,47-,48+/m0/s1. The highest BCUT2D eigenvalue weighted by Crippen LogP contribution is 2.22. The van der Waals surface area contributed by atoms with Crippen molar-refractivity contribution >= 4 is 88.8 Å². The fourth-order valence-electron chi connectivity index (χ4n) is 9.95. The van der Waals surface area contributed by atoms with Gasteiger partial charge in [-0.25, -0.2) is 0 Å². The SMILES string of the molecule is CC(C)CCCCCCCCC/C=C/C(=O)N[C@@H](CC(=O)O)C(=O)N[C@H]1CNC(=O)[C@@H]2CCCN2C(=O)[C@H](C(C)C)NC(=O)[C@@H](C(C)O)NC(=O)CNC(=O)[C@H](CC(=O)O)NC(=O)CNC(=O)[C@H](CC(=O)O)NC(=O)CNC(=O)[C@H]2CCCCN2C1=O. The molecule has 31 heteroatoms. The number of carbonyl (C=O) groups is 15. The van der Waals surface area contributed by atoms with Crippen LogP contribution in [0.1, 0.15) is 144 Å². The largest absolute Gasteiger partial charge is 0.481 e. The van der Waals surface area contributed by atoms with Gasteiger partial charge in [0.1, 0.15) is 48.3 Å². The summed E-state index contributed by atoms with van der Waals surface area (Å²) in [5.41, 5.74) is 0. The molecular weight excluding hydrogens is 1140 g/mol. The molecule has 0 aromatic carbocycles. The number of nitrogens with one attached hydrogen (secondary N) is 10. The third-order valence-corrected chi connectivity index (χ3v) is 14.6. The maximum atomic E-state index is 14.8. The number of rotatable bonds is 22. The van der Waals surface area contributed by atoms with E-state index in [4.69, 9.17) is 0 Å². The number of hydrogen-bond donors (Lipinski definition) is 14. The lowest BCUT2D eigenvalue weighted by Crippen LogP contribution is -2.63. The molecule has 0 aromatic rings. The van der Waals surface area contributed by atoms with E-state index in [1.807, 2.05) is 0 Å². The Kier molecular flexibility index (Phi) is 31.3. The van der Waals surface area contributed by atoms with Gasteiger partial charge in [0.15, 0.2) is 0 Å². The summed E-state index contributed by atoms with van der Waals surface area (Å²) < 4.78 is 0. The highest BCUT2D eigenvalue weighted by molar-refractivity contribution is 6.00. The van der Waals surface area contributed by atoms with Crippen LogP contribution in [0.2, 0.25) is 0 Å². The molecule has 3 aliphatic rings. The zero-order chi connectivity index (χ0) is 64.9. The molecule has 0 aliphatic carbocycles. The Morgan fingerprint density at radius 3 is 1.59 bits per heavy atom. The Balaban J connectivity index is 2.00. The highest BCUT2D eigenvalue weighted by atomic mass is 16.4. The molecule has 1 unspecified atom stereocenters. The van der Waals surface area contributed by atoms with Crippen LogP contribution in [0.25, 0.3) is 0 Å². The average molecular weight is 1230 g/mol. The minimum atomic E-state index is -1.90. The van der Waals surface area contributed by atoms with Crippen molar-refractivity contribution in [3.05, 3.63) is 12.2 Å². The Labute approximate surface area is 504 Å². The van der Waals surface area contributed by atoms with Crippen molar-refractivity contribution < 1.29 is 92.3 Å². The zero-order valence-corrected chi connectivity index (χ0v) is 50.1. The van der Waals surface area contributed by atoms with Crippen LogP contribution >= 0.6 is 0 Å². The fraction of sp³-hybridized carbons (Fsp3) is 0.696. The molecule has 3 fully saturated rings. The first-order valence-electron chi connectivity index (χ1n) is 29.6. The van der Waals surface area contributed by atoms with Gasteiger partial charge in [0.2, 0.25) is 70.9 Å². The molecule has 0 aromatic heterocycles. The number of amides is 12. The molecule has 12 amide bonds. The van der Waals surface area contributed by atoms with E-state index in [1.54, 1.807) is 19.9 Å². The molecule has 3 aliphatic heterocycles. The summed E-state index contributed by atoms with van der Waals surface area (Å²) in [5, 5.41) is 62.2. The molecule has 14 N–H and O–H groups in total. The molecule has 0 spiro atoms. The van der Waals surface area contributed by atoms with Gasteiger partial charge in [-0.15, -0.1) is 0 Å². The van der Waals surface area contributed by atoms with Gasteiger partial charge < -0.3 is 83.4 Å². The Morgan fingerprint density at radius 2 is 1.06 bits per heavy atom. The van der Waals surface area contributed by atoms with Gasteiger partial charge in [-0.1, -0.05) is 78.7 Å². The number of nitrogens with zero attached hydrogens (tertiary/aromatic N) is 2. The molecule has 3 heterocycles. The van der Waals surface area contributed by atoms with E-state index in [-0.39, 0.29) is 32.4 Å². The Morgan fingerprint density at radius 1 is 0.563 bits per heavy atom. The second kappa shape index (κ2) is 37.3. The van der Waals surface area contributed by atoms with Gasteiger partial charge in [0, 0.05) is 19.6 Å². The number of carboxylic acid groups (broad SMARTS) is 3. The van der Waals surface area contributed by atoms with E-state index in [1.165, 1.54) is 19.3 Å². The second-order valence-corrected chi connectivity index (χ2v) is 22.7. The maximum Gasteiger partial charge on any atom is 0.305 e. The molecule has 87 heavy (non-hydrogen) atoms. The van der Waals surface area contributed by atoms with E-state index < -0.39 is 195 Å². The number of allylic oxidation sites excluding steroid dienone is 1. The summed E-state index contributed by atoms with van der Waals surface area (Å²) in [6.07, 6.45) is 7.98. The van der Waals surface area contributed by atoms with Gasteiger partial charge in [-0.3, -0.25) is 71.9 Å². The summed E-state index contributed by atoms with van der Waals surface area (Å²) >= 11 is 0. The molecule has 9 atom stereocenters. The first kappa shape index (κ1) is 73.0. The van der Waals surface area contributed by atoms with Gasteiger partial charge in [0.05, 0.1) is 45.0 Å². The van der Waals surface area contributed by atoms with Crippen LogP contribution in [0.4, 0.5) is 0 Å². The minimum absolute atomic E-state index is 0.0198. The molecule has 3 rings (SSSR count). The van der Waals surface area contributed by atoms with Crippen LogP contribution in [0.15, 0.2) is 12.2 Å². The smallest absolute Gasteiger partial charge is 0.305 e. The Hall–Kier alpha value is -8.25. The molecule has 3 saturated heterocycles.